The molecule has 0 spiro atoms. The van der Waals surface area contributed by atoms with Gasteiger partial charge in [0.15, 0.2) is 12.4 Å². The number of carbonyl (C=O) groups is 1. The van der Waals surface area contributed by atoms with Crippen LogP contribution in [0.4, 0.5) is 5.69 Å². The van der Waals surface area contributed by atoms with E-state index in [2.05, 4.69) is 30.4 Å². The molecule has 110 valence electrons. The van der Waals surface area contributed by atoms with Gasteiger partial charge in [0.05, 0.1) is 0 Å². The zero-order chi connectivity index (χ0) is 15.2. The predicted octanol–water partition coefficient (Wildman–Crippen LogP) is 3.18. The van der Waals surface area contributed by atoms with E-state index in [1.807, 2.05) is 42.9 Å². The fourth-order valence-electron chi connectivity index (χ4n) is 2.36. The van der Waals surface area contributed by atoms with Crippen molar-refractivity contribution in [3.05, 3.63) is 59.4 Å². The third-order valence-corrected chi connectivity index (χ3v) is 3.48. The van der Waals surface area contributed by atoms with Crippen LogP contribution >= 0.6 is 0 Å². The maximum atomic E-state index is 12.1. The first-order valence-electron chi connectivity index (χ1n) is 7.43. The highest BCUT2D eigenvalue weighted by Crippen LogP contribution is 2.15. The lowest BCUT2D eigenvalue weighted by atomic mass is 10.1. The van der Waals surface area contributed by atoms with Crippen LogP contribution in [0.3, 0.4) is 0 Å². The molecule has 3 nitrogen and oxygen atoms in total. The Labute approximate surface area is 126 Å². The first kappa shape index (κ1) is 15.2. The van der Waals surface area contributed by atoms with E-state index in [9.17, 15) is 4.79 Å². The Bertz CT molecular complexity index is 618. The number of nitrogens with zero attached hydrogens (tertiary/aromatic N) is 1. The minimum Gasteiger partial charge on any atom is -0.320 e. The molecule has 21 heavy (non-hydrogen) atoms. The lowest BCUT2D eigenvalue weighted by Gasteiger charge is -2.07. The van der Waals surface area contributed by atoms with E-state index in [-0.39, 0.29) is 5.91 Å². The molecule has 0 saturated heterocycles. The second-order valence-corrected chi connectivity index (χ2v) is 5.50. The van der Waals surface area contributed by atoms with Gasteiger partial charge in [-0.3, -0.25) is 4.79 Å². The first-order chi connectivity index (χ1) is 10.1. The van der Waals surface area contributed by atoms with Crippen molar-refractivity contribution in [2.75, 3.05) is 5.32 Å². The number of rotatable bonds is 5. The van der Waals surface area contributed by atoms with Crippen molar-refractivity contribution in [2.24, 2.45) is 0 Å². The van der Waals surface area contributed by atoms with Crippen molar-refractivity contribution in [3.63, 3.8) is 0 Å². The van der Waals surface area contributed by atoms with Crippen molar-refractivity contribution in [1.29, 1.82) is 0 Å². The van der Waals surface area contributed by atoms with Gasteiger partial charge in [-0.05, 0) is 37.5 Å². The second kappa shape index (κ2) is 7.02. The molecule has 0 radical (unpaired) electrons. The number of benzene rings is 1. The minimum absolute atomic E-state index is 0.00445. The molecular weight excluding hydrogens is 260 g/mol. The molecule has 0 bridgehead atoms. The zero-order valence-electron chi connectivity index (χ0n) is 13.0. The SMILES string of the molecule is CCCc1cc[n+](CC(=O)Nc2ccc(C)cc2C)cc1. The first-order valence-corrected chi connectivity index (χ1v) is 7.43. The Morgan fingerprint density at radius 1 is 1.14 bits per heavy atom. The van der Waals surface area contributed by atoms with Crippen LogP contribution in [0.1, 0.15) is 30.0 Å². The summed E-state index contributed by atoms with van der Waals surface area (Å²) in [5, 5.41) is 2.97. The van der Waals surface area contributed by atoms with E-state index in [1.165, 1.54) is 11.1 Å². The Morgan fingerprint density at radius 3 is 2.48 bits per heavy atom. The summed E-state index contributed by atoms with van der Waals surface area (Å²) < 4.78 is 1.90. The smallest absolute Gasteiger partial charge is 0.290 e. The van der Waals surface area contributed by atoms with Gasteiger partial charge in [-0.2, -0.15) is 4.57 Å². The third-order valence-electron chi connectivity index (χ3n) is 3.48. The lowest BCUT2D eigenvalue weighted by molar-refractivity contribution is -0.684. The quantitative estimate of drug-likeness (QED) is 0.840. The number of aryl methyl sites for hydroxylation is 3. The van der Waals surface area contributed by atoms with Crippen LogP contribution in [0.5, 0.6) is 0 Å². The molecule has 0 aliphatic rings. The summed E-state index contributed by atoms with van der Waals surface area (Å²) in [5.74, 6) is -0.00445. The van der Waals surface area contributed by atoms with Crippen LogP contribution in [-0.4, -0.2) is 5.91 Å². The van der Waals surface area contributed by atoms with E-state index >= 15 is 0 Å². The molecule has 1 amide bonds. The fraction of sp³-hybridized carbons (Fsp3) is 0.333. The normalized spacial score (nSPS) is 10.4. The van der Waals surface area contributed by atoms with E-state index in [0.29, 0.717) is 6.54 Å². The highest BCUT2D eigenvalue weighted by molar-refractivity contribution is 5.90. The van der Waals surface area contributed by atoms with Gasteiger partial charge in [0.2, 0.25) is 6.54 Å². The molecule has 0 aliphatic carbocycles. The summed E-state index contributed by atoms with van der Waals surface area (Å²) in [4.78, 5) is 12.1. The molecular formula is C18H23N2O+. The Balaban J connectivity index is 1.98. The van der Waals surface area contributed by atoms with Gasteiger partial charge in [-0.15, -0.1) is 0 Å². The van der Waals surface area contributed by atoms with Crippen molar-refractivity contribution >= 4 is 11.6 Å². The molecule has 1 heterocycles. The maximum absolute atomic E-state index is 12.1. The van der Waals surface area contributed by atoms with Gasteiger partial charge in [0, 0.05) is 17.8 Å². The van der Waals surface area contributed by atoms with E-state index < -0.39 is 0 Å². The van der Waals surface area contributed by atoms with Crippen molar-refractivity contribution < 1.29 is 9.36 Å². The highest BCUT2D eigenvalue weighted by Gasteiger charge is 2.10. The maximum Gasteiger partial charge on any atom is 0.290 e. The highest BCUT2D eigenvalue weighted by atomic mass is 16.1. The van der Waals surface area contributed by atoms with Crippen LogP contribution in [0.25, 0.3) is 0 Å². The van der Waals surface area contributed by atoms with Gasteiger partial charge >= 0.3 is 0 Å². The van der Waals surface area contributed by atoms with Gasteiger partial charge < -0.3 is 5.32 Å². The van der Waals surface area contributed by atoms with Crippen LogP contribution in [0.15, 0.2) is 42.7 Å². The lowest BCUT2D eigenvalue weighted by Crippen LogP contribution is -2.39. The summed E-state index contributed by atoms with van der Waals surface area (Å²) in [5.41, 5.74) is 4.48. The average Bonchev–Trinajstić information content (AvgIpc) is 2.44. The van der Waals surface area contributed by atoms with Crippen LogP contribution < -0.4 is 9.88 Å². The molecule has 0 fully saturated rings. The summed E-state index contributed by atoms with van der Waals surface area (Å²) in [6, 6.07) is 10.2. The number of anilines is 1. The number of nitrogens with one attached hydrogen (secondary N) is 1. The van der Waals surface area contributed by atoms with E-state index in [4.69, 9.17) is 0 Å². The Morgan fingerprint density at radius 2 is 1.86 bits per heavy atom. The van der Waals surface area contributed by atoms with Gasteiger partial charge in [-0.1, -0.05) is 31.0 Å². The van der Waals surface area contributed by atoms with Gasteiger partial charge in [0.25, 0.3) is 5.91 Å². The Kier molecular flexibility index (Phi) is 5.09. The summed E-state index contributed by atoms with van der Waals surface area (Å²) in [7, 11) is 0. The Hall–Kier alpha value is -2.16. The van der Waals surface area contributed by atoms with Crippen molar-refractivity contribution in [2.45, 2.75) is 40.2 Å². The van der Waals surface area contributed by atoms with Crippen LogP contribution in [-0.2, 0) is 17.8 Å². The molecule has 2 aromatic rings. The molecule has 2 rings (SSSR count). The molecule has 0 saturated carbocycles. The summed E-state index contributed by atoms with van der Waals surface area (Å²) in [6.07, 6.45) is 6.14. The van der Waals surface area contributed by atoms with Crippen molar-refractivity contribution in [3.8, 4) is 0 Å². The van der Waals surface area contributed by atoms with Crippen LogP contribution in [0, 0.1) is 13.8 Å². The van der Waals surface area contributed by atoms with Crippen LogP contribution in [0.2, 0.25) is 0 Å². The fourth-order valence-corrected chi connectivity index (χ4v) is 2.36. The molecule has 1 N–H and O–H groups in total. The minimum atomic E-state index is -0.00445. The number of aromatic nitrogens is 1. The molecule has 3 heteroatoms. The summed E-state index contributed by atoms with van der Waals surface area (Å²) >= 11 is 0. The predicted molar refractivity (Wildman–Crippen MR) is 85.2 cm³/mol. The largest absolute Gasteiger partial charge is 0.320 e. The zero-order valence-corrected chi connectivity index (χ0v) is 13.0. The monoisotopic (exact) mass is 283 g/mol. The number of pyridine rings is 1. The number of hydrogen-bond donors (Lipinski definition) is 1. The van der Waals surface area contributed by atoms with E-state index in [1.54, 1.807) is 0 Å². The third kappa shape index (κ3) is 4.42. The topological polar surface area (TPSA) is 33.0 Å². The number of amides is 1. The molecule has 1 aromatic carbocycles. The number of hydrogen-bond acceptors (Lipinski definition) is 1. The van der Waals surface area contributed by atoms with Crippen molar-refractivity contribution in [1.82, 2.24) is 0 Å². The molecule has 0 unspecified atom stereocenters. The summed E-state index contributed by atoms with van der Waals surface area (Å²) in [6.45, 7) is 6.56. The standard InChI is InChI=1S/C18H22N2O/c1-4-5-16-8-10-20(11-9-16)13-18(21)19-17-7-6-14(2)12-15(17)3/h6-12H,4-5,13H2,1-3H3/p+1. The molecule has 1 aromatic heterocycles. The van der Waals surface area contributed by atoms with Gasteiger partial charge in [-0.25, -0.2) is 0 Å². The average molecular weight is 283 g/mol. The van der Waals surface area contributed by atoms with E-state index in [0.717, 1.165) is 24.1 Å². The van der Waals surface area contributed by atoms with Gasteiger partial charge in [0.1, 0.15) is 0 Å². The molecule has 0 aliphatic heterocycles. The second-order valence-electron chi connectivity index (χ2n) is 5.50. The molecule has 0 atom stereocenters. The number of carbonyl (C=O) groups excluding carboxylic acids is 1.